The number of methoxy groups -OCH3 is 3. The molecule has 0 aliphatic heterocycles. The molecule has 1 atom stereocenters. The average Bonchev–Trinajstić information content (AvgIpc) is 2.31. The molecule has 0 bridgehead atoms. The summed E-state index contributed by atoms with van der Waals surface area (Å²) in [7, 11) is 6.78. The molecular weight excluding hydrogens is 206 g/mol. The molecule has 1 aromatic carbocycles. The van der Waals surface area contributed by atoms with Gasteiger partial charge in [-0.05, 0) is 25.6 Å². The highest BCUT2D eigenvalue weighted by Gasteiger charge is 2.17. The van der Waals surface area contributed by atoms with Crippen LogP contribution >= 0.6 is 0 Å². The fourth-order valence-corrected chi connectivity index (χ4v) is 1.74. The van der Waals surface area contributed by atoms with Gasteiger partial charge in [0.25, 0.3) is 0 Å². The number of rotatable bonds is 5. The van der Waals surface area contributed by atoms with Gasteiger partial charge in [0, 0.05) is 18.7 Å². The van der Waals surface area contributed by atoms with Crippen molar-refractivity contribution in [3.05, 3.63) is 23.3 Å². The molecule has 0 amide bonds. The van der Waals surface area contributed by atoms with E-state index in [2.05, 4.69) is 5.32 Å². The Kier molecular flexibility index (Phi) is 4.58. The van der Waals surface area contributed by atoms with Gasteiger partial charge in [0.15, 0.2) is 0 Å². The smallest absolute Gasteiger partial charge is 0.137 e. The van der Waals surface area contributed by atoms with Crippen LogP contribution in [0.1, 0.15) is 17.4 Å². The molecule has 1 N–H and O–H groups in total. The van der Waals surface area contributed by atoms with Crippen molar-refractivity contribution in [2.24, 2.45) is 0 Å². The van der Waals surface area contributed by atoms with E-state index in [1.807, 2.05) is 26.1 Å². The van der Waals surface area contributed by atoms with Crippen LogP contribution in [0.2, 0.25) is 0 Å². The molecule has 90 valence electrons. The van der Waals surface area contributed by atoms with Crippen LogP contribution in [0.4, 0.5) is 0 Å². The van der Waals surface area contributed by atoms with Gasteiger partial charge in [0.2, 0.25) is 0 Å². The lowest BCUT2D eigenvalue weighted by molar-refractivity contribution is 0.0780. The highest BCUT2D eigenvalue weighted by atomic mass is 16.5. The Bertz CT molecular complexity index is 348. The van der Waals surface area contributed by atoms with E-state index in [0.29, 0.717) is 0 Å². The second kappa shape index (κ2) is 5.72. The normalized spacial score (nSPS) is 12.3. The van der Waals surface area contributed by atoms with Crippen LogP contribution < -0.4 is 14.8 Å². The molecule has 1 rings (SSSR count). The molecule has 0 aliphatic rings. The van der Waals surface area contributed by atoms with Crippen molar-refractivity contribution >= 4 is 0 Å². The SMILES string of the molecule is CNC(OC)c1c(C)cc(OC)cc1OC. The largest absolute Gasteiger partial charge is 0.497 e. The minimum absolute atomic E-state index is 0.180. The first-order valence-corrected chi connectivity index (χ1v) is 5.10. The maximum absolute atomic E-state index is 5.35. The zero-order valence-electron chi connectivity index (χ0n) is 10.5. The van der Waals surface area contributed by atoms with Crippen molar-refractivity contribution < 1.29 is 14.2 Å². The lowest BCUT2D eigenvalue weighted by atomic mass is 10.1. The van der Waals surface area contributed by atoms with Gasteiger partial charge in [-0.25, -0.2) is 0 Å². The fraction of sp³-hybridized carbons (Fsp3) is 0.500. The number of hydrogen-bond donors (Lipinski definition) is 1. The molecule has 0 fully saturated rings. The lowest BCUT2D eigenvalue weighted by Gasteiger charge is -2.20. The van der Waals surface area contributed by atoms with E-state index in [9.17, 15) is 0 Å². The Hall–Kier alpha value is -1.26. The van der Waals surface area contributed by atoms with Crippen LogP contribution in [0.15, 0.2) is 12.1 Å². The Balaban J connectivity index is 3.25. The Labute approximate surface area is 96.5 Å². The lowest BCUT2D eigenvalue weighted by Crippen LogP contribution is -2.20. The number of hydrogen-bond acceptors (Lipinski definition) is 4. The number of ether oxygens (including phenoxy) is 3. The van der Waals surface area contributed by atoms with Gasteiger partial charge >= 0.3 is 0 Å². The van der Waals surface area contributed by atoms with Crippen molar-refractivity contribution in [1.29, 1.82) is 0 Å². The van der Waals surface area contributed by atoms with Crippen molar-refractivity contribution in [3.8, 4) is 11.5 Å². The number of benzene rings is 1. The molecule has 0 saturated carbocycles. The second-order valence-corrected chi connectivity index (χ2v) is 3.46. The van der Waals surface area contributed by atoms with Crippen LogP contribution in [0.3, 0.4) is 0 Å². The van der Waals surface area contributed by atoms with Gasteiger partial charge in [-0.1, -0.05) is 0 Å². The third kappa shape index (κ3) is 2.46. The molecule has 16 heavy (non-hydrogen) atoms. The van der Waals surface area contributed by atoms with E-state index in [0.717, 1.165) is 22.6 Å². The molecule has 1 aromatic rings. The molecule has 4 heteroatoms. The first-order valence-electron chi connectivity index (χ1n) is 5.10. The van der Waals surface area contributed by atoms with E-state index < -0.39 is 0 Å². The first-order chi connectivity index (χ1) is 7.67. The standard InChI is InChI=1S/C12H19NO3/c1-8-6-9(14-3)7-10(15-4)11(8)12(13-2)16-5/h6-7,12-13H,1-5H3. The van der Waals surface area contributed by atoms with Gasteiger partial charge in [-0.3, -0.25) is 5.32 Å². The predicted octanol–water partition coefficient (Wildman–Crippen LogP) is 1.88. The van der Waals surface area contributed by atoms with Crippen LogP contribution in [0.25, 0.3) is 0 Å². The van der Waals surface area contributed by atoms with E-state index in [-0.39, 0.29) is 6.23 Å². The highest BCUT2D eigenvalue weighted by Crippen LogP contribution is 2.33. The fourth-order valence-electron chi connectivity index (χ4n) is 1.74. The molecule has 4 nitrogen and oxygen atoms in total. The van der Waals surface area contributed by atoms with E-state index in [1.165, 1.54) is 0 Å². The molecule has 1 unspecified atom stereocenters. The van der Waals surface area contributed by atoms with Gasteiger partial charge in [0.1, 0.15) is 17.7 Å². The summed E-state index contributed by atoms with van der Waals surface area (Å²) < 4.78 is 15.9. The molecule has 0 spiro atoms. The second-order valence-electron chi connectivity index (χ2n) is 3.46. The van der Waals surface area contributed by atoms with Gasteiger partial charge in [0.05, 0.1) is 14.2 Å². The van der Waals surface area contributed by atoms with Gasteiger partial charge in [-0.2, -0.15) is 0 Å². The van der Waals surface area contributed by atoms with Crippen LogP contribution in [-0.4, -0.2) is 28.4 Å². The van der Waals surface area contributed by atoms with Crippen molar-refractivity contribution in [2.45, 2.75) is 13.2 Å². The summed E-state index contributed by atoms with van der Waals surface area (Å²) in [6.07, 6.45) is -0.180. The Morgan fingerprint density at radius 2 is 1.81 bits per heavy atom. The molecule has 0 heterocycles. The van der Waals surface area contributed by atoms with Crippen molar-refractivity contribution in [3.63, 3.8) is 0 Å². The predicted molar refractivity (Wildman–Crippen MR) is 63.1 cm³/mol. The van der Waals surface area contributed by atoms with Gasteiger partial charge < -0.3 is 14.2 Å². The van der Waals surface area contributed by atoms with Crippen LogP contribution in [-0.2, 0) is 4.74 Å². The van der Waals surface area contributed by atoms with E-state index in [4.69, 9.17) is 14.2 Å². The maximum Gasteiger partial charge on any atom is 0.137 e. The molecule has 0 aromatic heterocycles. The Morgan fingerprint density at radius 3 is 2.25 bits per heavy atom. The third-order valence-electron chi connectivity index (χ3n) is 2.54. The van der Waals surface area contributed by atoms with E-state index >= 15 is 0 Å². The quantitative estimate of drug-likeness (QED) is 0.777. The van der Waals surface area contributed by atoms with E-state index in [1.54, 1.807) is 21.3 Å². The maximum atomic E-state index is 5.35. The summed E-state index contributed by atoms with van der Waals surface area (Å²) in [6.45, 7) is 2.00. The molecular formula is C12H19NO3. The first kappa shape index (κ1) is 12.8. The van der Waals surface area contributed by atoms with Crippen LogP contribution in [0, 0.1) is 6.92 Å². The minimum Gasteiger partial charge on any atom is -0.497 e. The summed E-state index contributed by atoms with van der Waals surface area (Å²) in [6, 6.07) is 3.81. The summed E-state index contributed by atoms with van der Waals surface area (Å²) in [4.78, 5) is 0. The summed E-state index contributed by atoms with van der Waals surface area (Å²) in [5.74, 6) is 1.54. The number of nitrogens with one attached hydrogen (secondary N) is 1. The average molecular weight is 225 g/mol. The van der Waals surface area contributed by atoms with Crippen LogP contribution in [0.5, 0.6) is 11.5 Å². The summed E-state index contributed by atoms with van der Waals surface area (Å²) >= 11 is 0. The summed E-state index contributed by atoms with van der Waals surface area (Å²) in [5.41, 5.74) is 2.06. The number of aryl methyl sites for hydroxylation is 1. The molecule has 0 aliphatic carbocycles. The van der Waals surface area contributed by atoms with Gasteiger partial charge in [-0.15, -0.1) is 0 Å². The summed E-state index contributed by atoms with van der Waals surface area (Å²) in [5, 5.41) is 3.08. The van der Waals surface area contributed by atoms with Crippen molar-refractivity contribution in [1.82, 2.24) is 5.32 Å². The Morgan fingerprint density at radius 1 is 1.12 bits per heavy atom. The molecule has 0 radical (unpaired) electrons. The topological polar surface area (TPSA) is 39.7 Å². The monoisotopic (exact) mass is 225 g/mol. The minimum atomic E-state index is -0.180. The zero-order valence-corrected chi connectivity index (χ0v) is 10.5. The highest BCUT2D eigenvalue weighted by molar-refractivity contribution is 5.47. The molecule has 0 saturated heterocycles. The zero-order chi connectivity index (χ0) is 12.1. The van der Waals surface area contributed by atoms with Crippen molar-refractivity contribution in [2.75, 3.05) is 28.4 Å². The third-order valence-corrected chi connectivity index (χ3v) is 2.54.